The number of anilines is 1. The summed E-state index contributed by atoms with van der Waals surface area (Å²) in [6.07, 6.45) is 7.55. The number of para-hydroxylation sites is 1. The van der Waals surface area contributed by atoms with E-state index < -0.39 is 0 Å². The summed E-state index contributed by atoms with van der Waals surface area (Å²) in [5.41, 5.74) is 6.56. The Morgan fingerprint density at radius 3 is 2.50 bits per heavy atom. The van der Waals surface area contributed by atoms with Gasteiger partial charge in [-0.15, -0.1) is 0 Å². The number of hydrogen-bond donors (Lipinski definition) is 1. The van der Waals surface area contributed by atoms with Crippen LogP contribution < -0.4 is 10.2 Å². The molecule has 0 bridgehead atoms. The van der Waals surface area contributed by atoms with E-state index in [-0.39, 0.29) is 5.91 Å². The van der Waals surface area contributed by atoms with Gasteiger partial charge in [0.25, 0.3) is 0 Å². The highest BCUT2D eigenvalue weighted by atomic mass is 16.1. The minimum absolute atomic E-state index is 0.0413. The molecule has 2 aliphatic rings. The summed E-state index contributed by atoms with van der Waals surface area (Å²) >= 11 is 0. The van der Waals surface area contributed by atoms with Crippen LogP contribution in [0.1, 0.15) is 42.4 Å². The van der Waals surface area contributed by atoms with Crippen molar-refractivity contribution in [2.45, 2.75) is 45.2 Å². The standard InChI is InChI=1S/C23H26N2O/c26-23(15-18-5-1-2-6-18)24-16-19-9-11-20(12-10-19)17-25-14-13-21-7-3-4-8-22(21)25/h3-4,7-12,15H,1-2,5-6,13-14,16-17H2,(H,24,26). The van der Waals surface area contributed by atoms with Gasteiger partial charge in [0.05, 0.1) is 0 Å². The van der Waals surface area contributed by atoms with Gasteiger partial charge in [-0.25, -0.2) is 0 Å². The largest absolute Gasteiger partial charge is 0.367 e. The third-order valence-electron chi connectivity index (χ3n) is 5.43. The second kappa shape index (κ2) is 7.77. The Hall–Kier alpha value is -2.55. The van der Waals surface area contributed by atoms with Crippen LogP contribution in [0, 0.1) is 0 Å². The summed E-state index contributed by atoms with van der Waals surface area (Å²) in [5.74, 6) is 0.0413. The Labute approximate surface area is 155 Å². The summed E-state index contributed by atoms with van der Waals surface area (Å²) in [6, 6.07) is 17.3. The monoisotopic (exact) mass is 346 g/mol. The molecule has 2 aromatic carbocycles. The van der Waals surface area contributed by atoms with Gasteiger partial charge in [0.2, 0.25) is 5.91 Å². The highest BCUT2D eigenvalue weighted by Gasteiger charge is 2.18. The second-order valence-electron chi connectivity index (χ2n) is 7.34. The molecule has 0 saturated heterocycles. The van der Waals surface area contributed by atoms with E-state index in [0.29, 0.717) is 6.54 Å². The lowest BCUT2D eigenvalue weighted by Gasteiger charge is -2.19. The molecule has 1 saturated carbocycles. The molecule has 1 aliphatic heterocycles. The maximum Gasteiger partial charge on any atom is 0.244 e. The van der Waals surface area contributed by atoms with E-state index in [4.69, 9.17) is 0 Å². The summed E-state index contributed by atoms with van der Waals surface area (Å²) in [4.78, 5) is 14.4. The van der Waals surface area contributed by atoms with Crippen molar-refractivity contribution in [1.82, 2.24) is 5.32 Å². The summed E-state index contributed by atoms with van der Waals surface area (Å²) in [7, 11) is 0. The fraction of sp³-hybridized carbons (Fsp3) is 0.348. The lowest BCUT2D eigenvalue weighted by molar-refractivity contribution is -0.116. The first-order valence-corrected chi connectivity index (χ1v) is 9.66. The number of fused-ring (bicyclic) bond motifs is 1. The number of nitrogens with zero attached hydrogens (tertiary/aromatic N) is 1. The zero-order chi connectivity index (χ0) is 17.8. The van der Waals surface area contributed by atoms with Gasteiger partial charge in [0.1, 0.15) is 0 Å². The van der Waals surface area contributed by atoms with Gasteiger partial charge in [-0.2, -0.15) is 0 Å². The van der Waals surface area contributed by atoms with Crippen molar-refractivity contribution in [3.8, 4) is 0 Å². The fourth-order valence-corrected chi connectivity index (χ4v) is 3.95. The van der Waals surface area contributed by atoms with E-state index in [2.05, 4.69) is 58.7 Å². The fourth-order valence-electron chi connectivity index (χ4n) is 3.95. The van der Waals surface area contributed by atoms with Crippen LogP contribution in [0.5, 0.6) is 0 Å². The molecule has 1 amide bonds. The first-order valence-electron chi connectivity index (χ1n) is 9.66. The molecule has 0 aromatic heterocycles. The molecule has 1 fully saturated rings. The van der Waals surface area contributed by atoms with E-state index in [1.165, 1.54) is 35.2 Å². The number of amides is 1. The van der Waals surface area contributed by atoms with Gasteiger partial charge in [0.15, 0.2) is 0 Å². The lowest BCUT2D eigenvalue weighted by atomic mass is 10.1. The predicted molar refractivity (Wildman–Crippen MR) is 106 cm³/mol. The Balaban J connectivity index is 1.31. The smallest absolute Gasteiger partial charge is 0.244 e. The van der Waals surface area contributed by atoms with E-state index in [1.54, 1.807) is 6.08 Å². The van der Waals surface area contributed by atoms with Crippen molar-refractivity contribution in [2.75, 3.05) is 11.4 Å². The molecule has 4 rings (SSSR count). The number of carbonyl (C=O) groups is 1. The van der Waals surface area contributed by atoms with Crippen molar-refractivity contribution < 1.29 is 4.79 Å². The van der Waals surface area contributed by atoms with Crippen molar-refractivity contribution >= 4 is 11.6 Å². The van der Waals surface area contributed by atoms with E-state index in [9.17, 15) is 4.79 Å². The molecule has 1 heterocycles. The molecule has 134 valence electrons. The van der Waals surface area contributed by atoms with Crippen LogP contribution in [0.3, 0.4) is 0 Å². The van der Waals surface area contributed by atoms with E-state index >= 15 is 0 Å². The normalized spacial score (nSPS) is 15.8. The van der Waals surface area contributed by atoms with Crippen molar-refractivity contribution in [1.29, 1.82) is 0 Å². The molecule has 1 N–H and O–H groups in total. The van der Waals surface area contributed by atoms with Crippen LogP contribution in [0.15, 0.2) is 60.2 Å². The first-order chi connectivity index (χ1) is 12.8. The molecule has 3 nitrogen and oxygen atoms in total. The first kappa shape index (κ1) is 16.9. The van der Waals surface area contributed by atoms with E-state index in [0.717, 1.165) is 37.9 Å². The Morgan fingerprint density at radius 1 is 0.962 bits per heavy atom. The quantitative estimate of drug-likeness (QED) is 0.816. The molecule has 0 atom stereocenters. The molecule has 0 unspecified atom stereocenters. The van der Waals surface area contributed by atoms with Crippen molar-refractivity contribution in [2.24, 2.45) is 0 Å². The van der Waals surface area contributed by atoms with Crippen molar-refractivity contribution in [3.05, 3.63) is 76.9 Å². The summed E-state index contributed by atoms with van der Waals surface area (Å²) in [5, 5.41) is 3.01. The highest BCUT2D eigenvalue weighted by Crippen LogP contribution is 2.28. The number of rotatable bonds is 5. The maximum absolute atomic E-state index is 12.0. The summed E-state index contributed by atoms with van der Waals surface area (Å²) in [6.45, 7) is 2.62. The summed E-state index contributed by atoms with van der Waals surface area (Å²) < 4.78 is 0. The van der Waals surface area contributed by atoms with Crippen molar-refractivity contribution in [3.63, 3.8) is 0 Å². The SMILES string of the molecule is O=C(C=C1CCCC1)NCc1ccc(CN2CCc3ccccc32)cc1. The zero-order valence-corrected chi connectivity index (χ0v) is 15.2. The Bertz CT molecular complexity index is 799. The highest BCUT2D eigenvalue weighted by molar-refractivity contribution is 5.88. The molecule has 0 spiro atoms. The number of hydrogen-bond acceptors (Lipinski definition) is 2. The Morgan fingerprint density at radius 2 is 1.69 bits per heavy atom. The molecule has 1 aliphatic carbocycles. The third-order valence-corrected chi connectivity index (χ3v) is 5.43. The topological polar surface area (TPSA) is 32.3 Å². The number of carbonyl (C=O) groups excluding carboxylic acids is 1. The predicted octanol–water partition coefficient (Wildman–Crippen LogP) is 4.37. The minimum Gasteiger partial charge on any atom is -0.367 e. The van der Waals surface area contributed by atoms with Gasteiger partial charge < -0.3 is 10.2 Å². The average Bonchev–Trinajstić information content (AvgIpc) is 3.32. The molecular weight excluding hydrogens is 320 g/mol. The maximum atomic E-state index is 12.0. The Kier molecular flexibility index (Phi) is 5.05. The average molecular weight is 346 g/mol. The third kappa shape index (κ3) is 3.98. The van der Waals surface area contributed by atoms with Crippen LogP contribution in [0.2, 0.25) is 0 Å². The van der Waals surface area contributed by atoms with Gasteiger partial charge in [-0.05, 0) is 54.9 Å². The van der Waals surface area contributed by atoms with Crippen LogP contribution >= 0.6 is 0 Å². The van der Waals surface area contributed by atoms with E-state index in [1.807, 2.05) is 0 Å². The number of allylic oxidation sites excluding steroid dienone is 1. The molecule has 3 heteroatoms. The van der Waals surface area contributed by atoms with Gasteiger partial charge >= 0.3 is 0 Å². The number of benzene rings is 2. The molecule has 0 radical (unpaired) electrons. The van der Waals surface area contributed by atoms with Crippen LogP contribution in [-0.4, -0.2) is 12.5 Å². The minimum atomic E-state index is 0.0413. The molecule has 26 heavy (non-hydrogen) atoms. The van der Waals surface area contributed by atoms with Gasteiger partial charge in [-0.3, -0.25) is 4.79 Å². The number of nitrogens with one attached hydrogen (secondary N) is 1. The van der Waals surface area contributed by atoms with Crippen LogP contribution in [0.4, 0.5) is 5.69 Å². The van der Waals surface area contributed by atoms with Gasteiger partial charge in [-0.1, -0.05) is 48.0 Å². The second-order valence-corrected chi connectivity index (χ2v) is 7.34. The molecular formula is C23H26N2O. The molecule has 2 aromatic rings. The lowest BCUT2D eigenvalue weighted by Crippen LogP contribution is -2.21. The van der Waals surface area contributed by atoms with Gasteiger partial charge in [0, 0.05) is 31.4 Å². The van der Waals surface area contributed by atoms with Crippen LogP contribution in [0.25, 0.3) is 0 Å². The van der Waals surface area contributed by atoms with Crippen LogP contribution in [-0.2, 0) is 24.3 Å². The zero-order valence-electron chi connectivity index (χ0n) is 15.2.